The molecule has 23 heavy (non-hydrogen) atoms. The Morgan fingerprint density at radius 2 is 2.04 bits per heavy atom. The molecule has 3 N–H and O–H groups in total. The van der Waals surface area contributed by atoms with E-state index in [9.17, 15) is 13.6 Å². The molecule has 1 amide bonds. The lowest BCUT2D eigenvalue weighted by molar-refractivity contribution is -0.123. The van der Waals surface area contributed by atoms with Crippen LogP contribution in [0.5, 0.6) is 11.6 Å². The number of rotatable bonds is 4. The van der Waals surface area contributed by atoms with Crippen LogP contribution in [0, 0.1) is 11.6 Å². The Morgan fingerprint density at radius 1 is 1.35 bits per heavy atom. The van der Waals surface area contributed by atoms with E-state index in [0.717, 1.165) is 16.9 Å². The van der Waals surface area contributed by atoms with E-state index >= 15 is 0 Å². The maximum absolute atomic E-state index is 13.8. The Labute approximate surface area is 132 Å². The topological polar surface area (TPSA) is 82.2 Å². The van der Waals surface area contributed by atoms with Gasteiger partial charge in [-0.3, -0.25) is 9.48 Å². The summed E-state index contributed by atoms with van der Waals surface area (Å²) < 4.78 is 33.4. The van der Waals surface area contributed by atoms with Crippen LogP contribution in [-0.2, 0) is 11.3 Å². The summed E-state index contributed by atoms with van der Waals surface area (Å²) in [5.74, 6) is -2.04. The van der Waals surface area contributed by atoms with Crippen molar-refractivity contribution in [1.29, 1.82) is 0 Å². The molecule has 0 atom stereocenters. The molecule has 1 aromatic carbocycles. The molecule has 6 nitrogen and oxygen atoms in total. The minimum absolute atomic E-state index is 0.0396. The summed E-state index contributed by atoms with van der Waals surface area (Å²) in [5, 5.41) is 6.57. The molecule has 0 aliphatic rings. The standard InChI is InChI=1S/C15H18F2N4O2/c1-15(2,3)19-13(22)8-21-7-11(17)14(20-21)23-9-4-5-12(18)10(16)6-9/h4-7H,8,18H2,1-3H3,(H,19,22). The number of carbonyl (C=O) groups is 1. The number of nitrogens with one attached hydrogen (secondary N) is 1. The first-order chi connectivity index (χ1) is 10.6. The molecule has 0 saturated heterocycles. The number of nitrogen functional groups attached to an aromatic ring is 1. The molecule has 1 heterocycles. The van der Waals surface area contributed by atoms with Gasteiger partial charge in [0.1, 0.15) is 18.1 Å². The fourth-order valence-corrected chi connectivity index (χ4v) is 1.82. The van der Waals surface area contributed by atoms with E-state index in [1.54, 1.807) is 0 Å². The molecular formula is C15H18F2N4O2. The maximum Gasteiger partial charge on any atom is 0.274 e. The summed E-state index contributed by atoms with van der Waals surface area (Å²) in [6.07, 6.45) is 1.03. The van der Waals surface area contributed by atoms with Gasteiger partial charge in [-0.25, -0.2) is 4.39 Å². The van der Waals surface area contributed by atoms with Crippen LogP contribution >= 0.6 is 0 Å². The van der Waals surface area contributed by atoms with E-state index in [1.165, 1.54) is 12.1 Å². The second-order valence-electron chi connectivity index (χ2n) is 6.06. The molecule has 2 aromatic rings. The number of anilines is 1. The summed E-state index contributed by atoms with van der Waals surface area (Å²) in [6.45, 7) is 5.34. The molecule has 0 bridgehead atoms. The molecular weight excluding hydrogens is 306 g/mol. The molecule has 2 rings (SSSR count). The Kier molecular flexibility index (Phi) is 4.53. The van der Waals surface area contributed by atoms with Gasteiger partial charge in [-0.1, -0.05) is 0 Å². The van der Waals surface area contributed by atoms with Crippen LogP contribution in [0.25, 0.3) is 0 Å². The second-order valence-corrected chi connectivity index (χ2v) is 6.06. The molecule has 0 aliphatic carbocycles. The first-order valence-electron chi connectivity index (χ1n) is 6.91. The number of hydrogen-bond acceptors (Lipinski definition) is 4. The van der Waals surface area contributed by atoms with Gasteiger partial charge in [0.05, 0.1) is 11.9 Å². The molecule has 0 aliphatic heterocycles. The highest BCUT2D eigenvalue weighted by Crippen LogP contribution is 2.25. The van der Waals surface area contributed by atoms with Crippen molar-refractivity contribution in [2.24, 2.45) is 0 Å². The van der Waals surface area contributed by atoms with Gasteiger partial charge in [0.2, 0.25) is 11.7 Å². The number of carbonyl (C=O) groups excluding carboxylic acids is 1. The third kappa shape index (κ3) is 4.67. The summed E-state index contributed by atoms with van der Waals surface area (Å²) in [7, 11) is 0. The van der Waals surface area contributed by atoms with Gasteiger partial charge in [0, 0.05) is 11.6 Å². The van der Waals surface area contributed by atoms with Crippen molar-refractivity contribution < 1.29 is 18.3 Å². The highest BCUT2D eigenvalue weighted by Gasteiger charge is 2.17. The van der Waals surface area contributed by atoms with E-state index in [-0.39, 0.29) is 29.8 Å². The van der Waals surface area contributed by atoms with E-state index in [1.807, 2.05) is 20.8 Å². The molecule has 8 heteroatoms. The Balaban J connectivity index is 2.08. The Hall–Kier alpha value is -2.64. The zero-order chi connectivity index (χ0) is 17.2. The van der Waals surface area contributed by atoms with Crippen molar-refractivity contribution in [3.05, 3.63) is 36.0 Å². The lowest BCUT2D eigenvalue weighted by Crippen LogP contribution is -2.42. The minimum Gasteiger partial charge on any atom is -0.435 e. The van der Waals surface area contributed by atoms with Crippen molar-refractivity contribution in [3.8, 4) is 11.6 Å². The fraction of sp³-hybridized carbons (Fsp3) is 0.333. The summed E-state index contributed by atoms with van der Waals surface area (Å²) in [6, 6.07) is 3.72. The average molecular weight is 324 g/mol. The molecule has 124 valence electrons. The van der Waals surface area contributed by atoms with Gasteiger partial charge in [-0.2, -0.15) is 4.39 Å². The van der Waals surface area contributed by atoms with Crippen LogP contribution < -0.4 is 15.8 Å². The normalized spacial score (nSPS) is 11.3. The fourth-order valence-electron chi connectivity index (χ4n) is 1.82. The average Bonchev–Trinajstić information content (AvgIpc) is 2.71. The molecule has 0 radical (unpaired) electrons. The molecule has 1 aromatic heterocycles. The first-order valence-corrected chi connectivity index (χ1v) is 6.91. The SMILES string of the molecule is CC(C)(C)NC(=O)Cn1cc(F)c(Oc2ccc(N)c(F)c2)n1. The van der Waals surface area contributed by atoms with Gasteiger partial charge in [0.15, 0.2) is 0 Å². The van der Waals surface area contributed by atoms with E-state index < -0.39 is 17.2 Å². The monoisotopic (exact) mass is 324 g/mol. The second kappa shape index (κ2) is 6.23. The first kappa shape index (κ1) is 16.7. The summed E-state index contributed by atoms with van der Waals surface area (Å²) >= 11 is 0. The number of benzene rings is 1. The van der Waals surface area contributed by atoms with Crippen molar-refractivity contribution in [1.82, 2.24) is 15.1 Å². The lowest BCUT2D eigenvalue weighted by atomic mass is 10.1. The quantitative estimate of drug-likeness (QED) is 0.846. The highest BCUT2D eigenvalue weighted by molar-refractivity contribution is 5.76. The maximum atomic E-state index is 13.8. The number of nitrogens with zero attached hydrogens (tertiary/aromatic N) is 2. The number of ether oxygens (including phenoxy) is 1. The van der Waals surface area contributed by atoms with E-state index in [2.05, 4.69) is 10.4 Å². The van der Waals surface area contributed by atoms with Crippen LogP contribution in [0.1, 0.15) is 20.8 Å². The van der Waals surface area contributed by atoms with Crippen LogP contribution in [0.15, 0.2) is 24.4 Å². The van der Waals surface area contributed by atoms with Crippen molar-refractivity contribution in [3.63, 3.8) is 0 Å². The van der Waals surface area contributed by atoms with Crippen molar-refractivity contribution in [2.75, 3.05) is 5.73 Å². The summed E-state index contributed by atoms with van der Waals surface area (Å²) in [4.78, 5) is 11.8. The number of aromatic nitrogens is 2. The van der Waals surface area contributed by atoms with Crippen LogP contribution in [-0.4, -0.2) is 21.2 Å². The predicted molar refractivity (Wildman–Crippen MR) is 81.0 cm³/mol. The zero-order valence-electron chi connectivity index (χ0n) is 13.1. The molecule has 0 unspecified atom stereocenters. The third-order valence-electron chi connectivity index (χ3n) is 2.69. The number of amides is 1. The van der Waals surface area contributed by atoms with Gasteiger partial charge < -0.3 is 15.8 Å². The van der Waals surface area contributed by atoms with Crippen molar-refractivity contribution >= 4 is 11.6 Å². The molecule has 0 spiro atoms. The predicted octanol–water partition coefficient (Wildman–Crippen LogP) is 2.45. The summed E-state index contributed by atoms with van der Waals surface area (Å²) in [5.41, 5.74) is 4.91. The Morgan fingerprint density at radius 3 is 2.65 bits per heavy atom. The van der Waals surface area contributed by atoms with Gasteiger partial charge in [-0.05, 0) is 32.9 Å². The number of hydrogen-bond donors (Lipinski definition) is 2. The van der Waals surface area contributed by atoms with Gasteiger partial charge in [0.25, 0.3) is 5.88 Å². The van der Waals surface area contributed by atoms with E-state index in [4.69, 9.17) is 10.5 Å². The number of nitrogens with two attached hydrogens (primary N) is 1. The third-order valence-corrected chi connectivity index (χ3v) is 2.69. The van der Waals surface area contributed by atoms with Crippen LogP contribution in [0.3, 0.4) is 0 Å². The number of halogens is 2. The van der Waals surface area contributed by atoms with Crippen LogP contribution in [0.4, 0.5) is 14.5 Å². The highest BCUT2D eigenvalue weighted by atomic mass is 19.1. The van der Waals surface area contributed by atoms with Crippen LogP contribution in [0.2, 0.25) is 0 Å². The van der Waals surface area contributed by atoms with Gasteiger partial charge >= 0.3 is 0 Å². The van der Waals surface area contributed by atoms with Crippen molar-refractivity contribution in [2.45, 2.75) is 32.9 Å². The van der Waals surface area contributed by atoms with E-state index in [0.29, 0.717) is 0 Å². The largest absolute Gasteiger partial charge is 0.435 e. The lowest BCUT2D eigenvalue weighted by Gasteiger charge is -2.20. The molecule has 0 fully saturated rings. The smallest absolute Gasteiger partial charge is 0.274 e. The molecule has 0 saturated carbocycles. The minimum atomic E-state index is -0.759. The Bertz CT molecular complexity index is 723. The zero-order valence-corrected chi connectivity index (χ0v) is 13.1. The van der Waals surface area contributed by atoms with Gasteiger partial charge in [-0.15, -0.1) is 5.10 Å².